The molecular weight excluding hydrogens is 455 g/mol. The second kappa shape index (κ2) is 10.1. The van der Waals surface area contributed by atoms with Crippen molar-refractivity contribution < 1.29 is 28.2 Å². The van der Waals surface area contributed by atoms with E-state index in [0.717, 1.165) is 50.6 Å². The lowest BCUT2D eigenvalue weighted by Gasteiger charge is -2.43. The number of benzene rings is 2. The van der Waals surface area contributed by atoms with Gasteiger partial charge in [-0.25, -0.2) is 9.18 Å². The van der Waals surface area contributed by atoms with E-state index in [9.17, 15) is 14.0 Å². The van der Waals surface area contributed by atoms with Crippen LogP contribution in [0.4, 0.5) is 14.9 Å². The number of nitrogens with one attached hydrogen (secondary N) is 2. The van der Waals surface area contributed by atoms with Crippen molar-refractivity contribution in [2.45, 2.75) is 18.2 Å². The molecule has 5 rings (SSSR count). The van der Waals surface area contributed by atoms with Crippen LogP contribution >= 0.6 is 0 Å². The van der Waals surface area contributed by atoms with Crippen LogP contribution in [0.1, 0.15) is 22.0 Å². The number of hydrogen-bond donors (Lipinski definition) is 2. The van der Waals surface area contributed by atoms with E-state index in [1.54, 1.807) is 0 Å². The summed E-state index contributed by atoms with van der Waals surface area (Å²) >= 11 is 0. The molecule has 0 radical (unpaired) electrons. The van der Waals surface area contributed by atoms with Gasteiger partial charge >= 0.3 is 6.09 Å². The molecule has 2 amide bonds. The molecule has 0 aliphatic carbocycles. The fourth-order valence-electron chi connectivity index (χ4n) is 4.65. The molecule has 0 aromatic heterocycles. The number of hydrogen-bond acceptors (Lipinski definition) is 7. The highest BCUT2D eigenvalue weighted by molar-refractivity contribution is 5.94. The minimum Gasteiger partial charge on any atom is -0.489 e. The molecule has 2 aromatic rings. The second-order valence-electron chi connectivity index (χ2n) is 8.90. The van der Waals surface area contributed by atoms with Gasteiger partial charge in [-0.2, -0.15) is 0 Å². The topological polar surface area (TPSA) is 92.4 Å². The van der Waals surface area contributed by atoms with E-state index in [2.05, 4.69) is 20.4 Å². The summed E-state index contributed by atoms with van der Waals surface area (Å²) in [6.45, 7) is 5.36. The highest BCUT2D eigenvalue weighted by Crippen LogP contribution is 2.37. The zero-order chi connectivity index (χ0) is 24.4. The standard InChI is InChI=1S/C25H29FN4O5/c1-27-25(32)35-22-15-34-21-7-6-18(29-8-10-30(11-9-29)19-13-33-14-19)12-20(21)23(22)28-24(31)16-2-4-17(26)5-3-16/h2-7,12,19,22-23H,8-11,13-15H2,1H3,(H,27,32)(H,28,31)/t22-,23+/m0/s1. The van der Waals surface area contributed by atoms with Crippen LogP contribution in [0.25, 0.3) is 0 Å². The maximum atomic E-state index is 13.3. The van der Waals surface area contributed by atoms with Crippen LogP contribution < -0.4 is 20.3 Å². The molecule has 2 aromatic carbocycles. The number of rotatable bonds is 5. The van der Waals surface area contributed by atoms with Crippen molar-refractivity contribution in [3.63, 3.8) is 0 Å². The lowest BCUT2D eigenvalue weighted by atomic mass is 9.96. The fraction of sp³-hybridized carbons (Fsp3) is 0.440. The molecule has 3 heterocycles. The third kappa shape index (κ3) is 5.03. The van der Waals surface area contributed by atoms with Crippen molar-refractivity contribution in [1.82, 2.24) is 15.5 Å². The van der Waals surface area contributed by atoms with E-state index in [1.807, 2.05) is 18.2 Å². The number of alkyl carbamates (subject to hydrolysis) is 1. The molecule has 10 heteroatoms. The van der Waals surface area contributed by atoms with Crippen LogP contribution in [0.3, 0.4) is 0 Å². The maximum Gasteiger partial charge on any atom is 0.407 e. The fourth-order valence-corrected chi connectivity index (χ4v) is 4.65. The Hall–Kier alpha value is -3.37. The third-order valence-corrected chi connectivity index (χ3v) is 6.78. The number of ether oxygens (including phenoxy) is 3. The third-order valence-electron chi connectivity index (χ3n) is 6.78. The van der Waals surface area contributed by atoms with Crippen molar-refractivity contribution in [2.75, 3.05) is 57.9 Å². The van der Waals surface area contributed by atoms with Crippen LogP contribution in [-0.4, -0.2) is 82.1 Å². The van der Waals surface area contributed by atoms with Gasteiger partial charge in [-0.1, -0.05) is 0 Å². The molecule has 3 aliphatic heterocycles. The van der Waals surface area contributed by atoms with Gasteiger partial charge in [0.15, 0.2) is 6.10 Å². The zero-order valence-corrected chi connectivity index (χ0v) is 19.5. The highest BCUT2D eigenvalue weighted by atomic mass is 19.1. The first-order chi connectivity index (χ1) is 17.0. The number of fused-ring (bicyclic) bond motifs is 1. The second-order valence-corrected chi connectivity index (χ2v) is 8.90. The smallest absolute Gasteiger partial charge is 0.407 e. The molecule has 0 unspecified atom stereocenters. The first-order valence-corrected chi connectivity index (χ1v) is 11.8. The summed E-state index contributed by atoms with van der Waals surface area (Å²) in [5.41, 5.74) is 2.05. The van der Waals surface area contributed by atoms with Gasteiger partial charge in [0.05, 0.1) is 25.3 Å². The summed E-state index contributed by atoms with van der Waals surface area (Å²) in [6, 6.07) is 11.1. The molecular formula is C25H29FN4O5. The summed E-state index contributed by atoms with van der Waals surface area (Å²) in [7, 11) is 1.47. The Kier molecular flexibility index (Phi) is 6.74. The normalized spacial score (nSPS) is 22.4. The van der Waals surface area contributed by atoms with Crippen LogP contribution in [-0.2, 0) is 9.47 Å². The van der Waals surface area contributed by atoms with Crippen LogP contribution in [0.15, 0.2) is 42.5 Å². The van der Waals surface area contributed by atoms with Gasteiger partial charge in [0.2, 0.25) is 0 Å². The van der Waals surface area contributed by atoms with Gasteiger partial charge in [0.25, 0.3) is 5.91 Å². The minimum atomic E-state index is -0.738. The molecule has 2 saturated heterocycles. The van der Waals surface area contributed by atoms with E-state index < -0.39 is 30.0 Å². The maximum absolute atomic E-state index is 13.3. The summed E-state index contributed by atoms with van der Waals surface area (Å²) < 4.78 is 30.1. The molecule has 0 bridgehead atoms. The van der Waals surface area contributed by atoms with Crippen molar-refractivity contribution in [3.8, 4) is 5.75 Å². The average molecular weight is 485 g/mol. The number of amides is 2. The van der Waals surface area contributed by atoms with Gasteiger partial charge in [-0.15, -0.1) is 0 Å². The molecule has 2 atom stereocenters. The lowest BCUT2D eigenvalue weighted by molar-refractivity contribution is -0.0660. The van der Waals surface area contributed by atoms with Gasteiger partial charge < -0.3 is 29.7 Å². The molecule has 9 nitrogen and oxygen atoms in total. The SMILES string of the molecule is CNC(=O)O[C@H]1COc2ccc(N3CCN(C4COC4)CC3)cc2[C@H]1NC(=O)c1ccc(F)cc1. The van der Waals surface area contributed by atoms with Crippen LogP contribution in [0.5, 0.6) is 5.75 Å². The summed E-state index contributed by atoms with van der Waals surface area (Å²) in [6.07, 6.45) is -1.35. The number of carbonyl (C=O) groups is 2. The Morgan fingerprint density at radius 1 is 1.03 bits per heavy atom. The Bertz CT molecular complexity index is 1070. The van der Waals surface area contributed by atoms with Crippen molar-refractivity contribution in [3.05, 3.63) is 59.4 Å². The quantitative estimate of drug-likeness (QED) is 0.670. The van der Waals surface area contributed by atoms with E-state index in [-0.39, 0.29) is 6.61 Å². The molecule has 2 N–H and O–H groups in total. The van der Waals surface area contributed by atoms with Crippen molar-refractivity contribution in [1.29, 1.82) is 0 Å². The molecule has 35 heavy (non-hydrogen) atoms. The van der Waals surface area contributed by atoms with E-state index in [0.29, 0.717) is 17.4 Å². The molecule has 3 aliphatic rings. The van der Waals surface area contributed by atoms with Gasteiger partial charge in [0.1, 0.15) is 18.2 Å². The number of carbonyl (C=O) groups excluding carboxylic acids is 2. The Labute approximate surface area is 203 Å². The molecule has 0 spiro atoms. The zero-order valence-electron chi connectivity index (χ0n) is 19.5. The average Bonchev–Trinajstić information content (AvgIpc) is 2.85. The number of piperazine rings is 1. The van der Waals surface area contributed by atoms with Gasteiger partial charge in [0, 0.05) is 50.0 Å². The number of halogens is 1. The highest BCUT2D eigenvalue weighted by Gasteiger charge is 2.36. The van der Waals surface area contributed by atoms with Gasteiger partial charge in [-0.05, 0) is 42.5 Å². The predicted octanol–water partition coefficient (Wildman–Crippen LogP) is 1.93. The van der Waals surface area contributed by atoms with E-state index in [4.69, 9.17) is 14.2 Å². The van der Waals surface area contributed by atoms with Crippen molar-refractivity contribution in [2.24, 2.45) is 0 Å². The minimum absolute atomic E-state index is 0.0935. The number of anilines is 1. The largest absolute Gasteiger partial charge is 0.489 e. The number of nitrogens with zero attached hydrogens (tertiary/aromatic N) is 2. The predicted molar refractivity (Wildman–Crippen MR) is 126 cm³/mol. The Balaban J connectivity index is 1.38. The summed E-state index contributed by atoms with van der Waals surface area (Å²) in [5.74, 6) is -0.191. The van der Waals surface area contributed by atoms with E-state index in [1.165, 1.54) is 31.3 Å². The van der Waals surface area contributed by atoms with E-state index >= 15 is 0 Å². The lowest BCUT2D eigenvalue weighted by Crippen LogP contribution is -2.56. The monoisotopic (exact) mass is 484 g/mol. The Morgan fingerprint density at radius 2 is 1.77 bits per heavy atom. The first kappa shape index (κ1) is 23.4. The van der Waals surface area contributed by atoms with Crippen LogP contribution in [0, 0.1) is 5.82 Å². The molecule has 186 valence electrons. The first-order valence-electron chi connectivity index (χ1n) is 11.8. The van der Waals surface area contributed by atoms with Crippen molar-refractivity contribution >= 4 is 17.7 Å². The summed E-state index contributed by atoms with van der Waals surface area (Å²) in [4.78, 5) is 29.8. The van der Waals surface area contributed by atoms with Gasteiger partial charge in [-0.3, -0.25) is 9.69 Å². The summed E-state index contributed by atoms with van der Waals surface area (Å²) in [5, 5.41) is 5.41. The van der Waals surface area contributed by atoms with Crippen LogP contribution in [0.2, 0.25) is 0 Å². The molecule has 2 fully saturated rings. The Morgan fingerprint density at radius 3 is 2.43 bits per heavy atom. The molecule has 0 saturated carbocycles.